The molecule has 0 amide bonds. The zero-order valence-corrected chi connectivity index (χ0v) is 8.47. The summed E-state index contributed by atoms with van der Waals surface area (Å²) in [6.45, 7) is 0. The van der Waals surface area contributed by atoms with Crippen molar-refractivity contribution in [2.75, 3.05) is 0 Å². The Hall–Kier alpha value is -2.16. The molecule has 2 aromatic carbocycles. The predicted molar refractivity (Wildman–Crippen MR) is 59.1 cm³/mol. The normalized spacial score (nSPS) is 12.5. The highest BCUT2D eigenvalue weighted by molar-refractivity contribution is 5.59. The predicted octanol–water partition coefficient (Wildman–Crippen LogP) is 2.79. The maximum absolute atomic E-state index is 9.72. The summed E-state index contributed by atoms with van der Waals surface area (Å²) >= 11 is 0. The van der Waals surface area contributed by atoms with Crippen LogP contribution in [0.3, 0.4) is 0 Å². The molecule has 16 heavy (non-hydrogen) atoms. The van der Waals surface area contributed by atoms with Crippen molar-refractivity contribution in [2.24, 2.45) is 0 Å². The molecule has 0 spiro atoms. The van der Waals surface area contributed by atoms with Gasteiger partial charge in [-0.3, -0.25) is 0 Å². The van der Waals surface area contributed by atoms with Gasteiger partial charge in [0.05, 0.1) is 0 Å². The van der Waals surface area contributed by atoms with Crippen molar-refractivity contribution in [3.8, 4) is 23.0 Å². The number of fused-ring (bicyclic) bond motifs is 2. The van der Waals surface area contributed by atoms with Crippen LogP contribution in [0.5, 0.6) is 23.0 Å². The van der Waals surface area contributed by atoms with E-state index in [-0.39, 0.29) is 11.5 Å². The van der Waals surface area contributed by atoms with Crippen LogP contribution in [0, 0.1) is 0 Å². The zero-order chi connectivity index (χ0) is 11.1. The van der Waals surface area contributed by atoms with Crippen LogP contribution in [0.25, 0.3) is 0 Å². The van der Waals surface area contributed by atoms with Crippen LogP contribution in [-0.4, -0.2) is 10.2 Å². The molecule has 0 atom stereocenters. The van der Waals surface area contributed by atoms with Gasteiger partial charge in [-0.1, -0.05) is 18.2 Å². The minimum absolute atomic E-state index is 0.0577. The fourth-order valence-electron chi connectivity index (χ4n) is 1.94. The number of para-hydroxylation sites is 1. The molecule has 1 aliphatic heterocycles. The van der Waals surface area contributed by atoms with E-state index in [1.165, 1.54) is 12.1 Å². The summed E-state index contributed by atoms with van der Waals surface area (Å²) in [7, 11) is 0. The van der Waals surface area contributed by atoms with Gasteiger partial charge in [0.15, 0.2) is 11.5 Å². The highest BCUT2D eigenvalue weighted by Crippen LogP contribution is 2.45. The standard InChI is InChI=1S/C13H10O3/c14-10-5-6-11(15)13-9(10)7-8-3-1-2-4-12(8)16-13/h1-6,14-15H,7H2. The van der Waals surface area contributed by atoms with E-state index in [9.17, 15) is 10.2 Å². The van der Waals surface area contributed by atoms with Gasteiger partial charge in [0, 0.05) is 12.0 Å². The van der Waals surface area contributed by atoms with Crippen LogP contribution in [0.1, 0.15) is 11.1 Å². The summed E-state index contributed by atoms with van der Waals surface area (Å²) in [4.78, 5) is 0. The Kier molecular flexibility index (Phi) is 1.80. The monoisotopic (exact) mass is 214 g/mol. The lowest BCUT2D eigenvalue weighted by molar-refractivity contribution is 0.388. The van der Waals surface area contributed by atoms with Gasteiger partial charge < -0.3 is 14.9 Å². The van der Waals surface area contributed by atoms with E-state index < -0.39 is 0 Å². The Labute approximate surface area is 92.5 Å². The third-order valence-corrected chi connectivity index (χ3v) is 2.77. The first-order valence-corrected chi connectivity index (χ1v) is 5.05. The molecule has 3 heteroatoms. The van der Waals surface area contributed by atoms with Crippen LogP contribution >= 0.6 is 0 Å². The van der Waals surface area contributed by atoms with Gasteiger partial charge >= 0.3 is 0 Å². The summed E-state index contributed by atoms with van der Waals surface area (Å²) in [5.74, 6) is 1.30. The lowest BCUT2D eigenvalue weighted by Crippen LogP contribution is -2.03. The quantitative estimate of drug-likeness (QED) is 0.566. The molecular weight excluding hydrogens is 204 g/mol. The molecule has 1 heterocycles. The topological polar surface area (TPSA) is 49.7 Å². The smallest absolute Gasteiger partial charge is 0.176 e. The molecule has 0 fully saturated rings. The first-order chi connectivity index (χ1) is 7.75. The molecule has 0 bridgehead atoms. The molecule has 3 rings (SSSR count). The lowest BCUT2D eigenvalue weighted by atomic mass is 9.99. The average molecular weight is 214 g/mol. The van der Waals surface area contributed by atoms with Gasteiger partial charge in [0.25, 0.3) is 0 Å². The second-order valence-electron chi connectivity index (χ2n) is 3.80. The van der Waals surface area contributed by atoms with Crippen LogP contribution in [-0.2, 0) is 6.42 Å². The van der Waals surface area contributed by atoms with E-state index in [0.717, 1.165) is 11.3 Å². The van der Waals surface area contributed by atoms with E-state index in [1.54, 1.807) is 0 Å². The van der Waals surface area contributed by atoms with Gasteiger partial charge in [-0.25, -0.2) is 0 Å². The zero-order valence-electron chi connectivity index (χ0n) is 8.47. The van der Waals surface area contributed by atoms with E-state index >= 15 is 0 Å². The van der Waals surface area contributed by atoms with Gasteiger partial charge in [-0.05, 0) is 23.8 Å². The molecule has 1 aliphatic rings. The van der Waals surface area contributed by atoms with E-state index in [1.807, 2.05) is 24.3 Å². The Bertz CT molecular complexity index is 511. The van der Waals surface area contributed by atoms with Crippen molar-refractivity contribution < 1.29 is 14.9 Å². The molecule has 2 aromatic rings. The van der Waals surface area contributed by atoms with E-state index in [0.29, 0.717) is 17.7 Å². The van der Waals surface area contributed by atoms with Gasteiger partial charge in [-0.2, -0.15) is 0 Å². The molecule has 0 radical (unpaired) electrons. The summed E-state index contributed by atoms with van der Waals surface area (Å²) < 4.78 is 5.58. The van der Waals surface area contributed by atoms with Crippen LogP contribution < -0.4 is 4.74 Å². The first kappa shape index (κ1) is 9.09. The number of ether oxygens (including phenoxy) is 1. The molecule has 2 N–H and O–H groups in total. The van der Waals surface area contributed by atoms with Crippen molar-refractivity contribution in [3.63, 3.8) is 0 Å². The fourth-order valence-corrected chi connectivity index (χ4v) is 1.94. The molecule has 0 aliphatic carbocycles. The van der Waals surface area contributed by atoms with Gasteiger partial charge in [0.1, 0.15) is 11.5 Å². The van der Waals surface area contributed by atoms with Gasteiger partial charge in [-0.15, -0.1) is 0 Å². The number of phenols is 2. The number of phenolic OH excluding ortho intramolecular Hbond substituents is 2. The third-order valence-electron chi connectivity index (χ3n) is 2.77. The average Bonchev–Trinajstić information content (AvgIpc) is 2.32. The molecule has 0 saturated heterocycles. The Balaban J connectivity index is 2.19. The van der Waals surface area contributed by atoms with E-state index in [4.69, 9.17) is 4.74 Å². The molecular formula is C13H10O3. The van der Waals surface area contributed by atoms with Crippen LogP contribution in [0.15, 0.2) is 36.4 Å². The van der Waals surface area contributed by atoms with Crippen molar-refractivity contribution in [1.82, 2.24) is 0 Å². The SMILES string of the molecule is Oc1ccc(O)c2c1Cc1ccccc1O2. The summed E-state index contributed by atoms with van der Waals surface area (Å²) in [5, 5.41) is 19.4. The number of benzene rings is 2. The van der Waals surface area contributed by atoms with Crippen LogP contribution in [0.4, 0.5) is 0 Å². The minimum atomic E-state index is 0.0577. The second-order valence-corrected chi connectivity index (χ2v) is 3.80. The van der Waals surface area contributed by atoms with Gasteiger partial charge in [0.2, 0.25) is 0 Å². The largest absolute Gasteiger partial charge is 0.508 e. The van der Waals surface area contributed by atoms with Crippen LogP contribution in [0.2, 0.25) is 0 Å². The molecule has 0 aromatic heterocycles. The minimum Gasteiger partial charge on any atom is -0.508 e. The molecule has 80 valence electrons. The van der Waals surface area contributed by atoms with Crippen molar-refractivity contribution in [3.05, 3.63) is 47.5 Å². The third kappa shape index (κ3) is 1.21. The Morgan fingerprint density at radius 3 is 2.56 bits per heavy atom. The number of hydrogen-bond acceptors (Lipinski definition) is 3. The highest BCUT2D eigenvalue weighted by Gasteiger charge is 2.22. The van der Waals surface area contributed by atoms with Crippen molar-refractivity contribution >= 4 is 0 Å². The summed E-state index contributed by atoms with van der Waals surface area (Å²) in [6, 6.07) is 10.5. The Morgan fingerprint density at radius 1 is 0.938 bits per heavy atom. The molecule has 3 nitrogen and oxygen atoms in total. The van der Waals surface area contributed by atoms with Crippen molar-refractivity contribution in [2.45, 2.75) is 6.42 Å². The molecule has 0 unspecified atom stereocenters. The van der Waals surface area contributed by atoms with E-state index in [2.05, 4.69) is 0 Å². The second kappa shape index (κ2) is 3.17. The number of rotatable bonds is 0. The number of aromatic hydroxyl groups is 2. The summed E-state index contributed by atoms with van der Waals surface area (Å²) in [6.07, 6.45) is 0.575. The highest BCUT2D eigenvalue weighted by atomic mass is 16.5. The Morgan fingerprint density at radius 2 is 1.69 bits per heavy atom. The maximum Gasteiger partial charge on any atom is 0.176 e. The summed E-state index contributed by atoms with van der Waals surface area (Å²) in [5.41, 5.74) is 1.65. The maximum atomic E-state index is 9.72. The van der Waals surface area contributed by atoms with Crippen molar-refractivity contribution in [1.29, 1.82) is 0 Å². The lowest BCUT2D eigenvalue weighted by Gasteiger charge is -2.21. The number of hydrogen-bond donors (Lipinski definition) is 2. The first-order valence-electron chi connectivity index (χ1n) is 5.05. The fraction of sp³-hybridized carbons (Fsp3) is 0.0769. The molecule has 0 saturated carbocycles.